The number of hydrogen-bond donors (Lipinski definition) is 0. The van der Waals surface area contributed by atoms with Gasteiger partial charge in [-0.3, -0.25) is 0 Å². The fourth-order valence-electron chi connectivity index (χ4n) is 5.23. The third-order valence-corrected chi connectivity index (χ3v) is 6.84. The van der Waals surface area contributed by atoms with Gasteiger partial charge in [-0.1, -0.05) is 96.9 Å². The monoisotopic (exact) mass is 496 g/mol. The molecule has 2 aromatic heterocycles. The number of benzene rings is 6. The third kappa shape index (κ3) is 3.07. The zero-order valence-electron chi connectivity index (χ0n) is 31.8. The number of fused-ring (bicyclic) bond motifs is 6. The van der Waals surface area contributed by atoms with Gasteiger partial charge in [-0.25, -0.2) is 0 Å². The van der Waals surface area contributed by atoms with Gasteiger partial charge in [-0.15, -0.1) is 0 Å². The zero-order chi connectivity index (χ0) is 35.5. The SMILES string of the molecule is [2H]c1c([2H])c([2H])c(-c2cccc(-n3c4c([2H])c([2H])c([2H])c([2H])c4c4c([2H])c(-n5c6ccccc6c6ccccc65)c([2H])c([2H])c43)c2)c([2H])c1[2H]. The van der Waals surface area contributed by atoms with Crippen LogP contribution in [0.25, 0.3) is 66.1 Å². The minimum Gasteiger partial charge on any atom is -0.309 e. The van der Waals surface area contributed by atoms with Crippen LogP contribution in [0.2, 0.25) is 0 Å². The van der Waals surface area contributed by atoms with Crippen LogP contribution >= 0.6 is 0 Å². The minimum atomic E-state index is -0.540. The van der Waals surface area contributed by atoms with Crippen molar-refractivity contribution in [1.29, 1.82) is 0 Å². The van der Waals surface area contributed by atoms with E-state index in [-0.39, 0.29) is 62.4 Å². The Labute approximate surface area is 237 Å². The van der Waals surface area contributed by atoms with Crippen LogP contribution in [0.4, 0.5) is 0 Å². The smallest absolute Gasteiger partial charge is 0.0652 e. The van der Waals surface area contributed by atoms with E-state index in [0.717, 1.165) is 10.8 Å². The molecule has 178 valence electrons. The van der Waals surface area contributed by atoms with Crippen LogP contribution in [0.15, 0.2) is 145 Å². The van der Waals surface area contributed by atoms with Gasteiger partial charge in [0.05, 0.1) is 38.5 Å². The van der Waals surface area contributed by atoms with Gasteiger partial charge in [0.1, 0.15) is 0 Å². The van der Waals surface area contributed by atoms with E-state index < -0.39 is 54.4 Å². The van der Waals surface area contributed by atoms with Crippen molar-refractivity contribution in [2.45, 2.75) is 0 Å². The Hall–Kier alpha value is -5.08. The zero-order valence-corrected chi connectivity index (χ0v) is 19.8. The molecule has 0 aliphatic heterocycles. The predicted molar refractivity (Wildman–Crippen MR) is 161 cm³/mol. The second-order valence-electron chi connectivity index (χ2n) is 8.93. The molecule has 8 rings (SSSR count). The summed E-state index contributed by atoms with van der Waals surface area (Å²) in [6.07, 6.45) is 0. The van der Waals surface area contributed by atoms with E-state index in [4.69, 9.17) is 12.3 Å². The van der Waals surface area contributed by atoms with Crippen LogP contribution in [0, 0.1) is 0 Å². The predicted octanol–water partition coefficient (Wildman–Crippen LogP) is 9.55. The van der Waals surface area contributed by atoms with Gasteiger partial charge in [0.25, 0.3) is 0 Å². The van der Waals surface area contributed by atoms with Crippen molar-refractivity contribution in [2.24, 2.45) is 0 Å². The molecule has 0 unspecified atom stereocenters. The Morgan fingerprint density at radius 2 is 1.08 bits per heavy atom. The lowest BCUT2D eigenvalue weighted by atomic mass is 10.1. The van der Waals surface area contributed by atoms with Gasteiger partial charge in [0.2, 0.25) is 0 Å². The van der Waals surface area contributed by atoms with E-state index in [0.29, 0.717) is 11.0 Å². The molecule has 8 aromatic rings. The standard InChI is InChI=1S/C36H24N2/c1-2-11-25(12-3-1)26-13-10-14-27(23-26)37-35-20-9-6-17-31(35)32-24-28(21-22-36(32)37)38-33-18-7-4-15-29(33)30-16-5-8-19-34(30)38/h1-24H/i1D,2D,3D,6D,9D,11D,12D,17D,20D,21D,22D,24D. The van der Waals surface area contributed by atoms with Gasteiger partial charge in [-0.05, 0) is 59.6 Å². The molecular weight excluding hydrogens is 460 g/mol. The molecule has 2 nitrogen and oxygen atoms in total. The lowest BCUT2D eigenvalue weighted by Crippen LogP contribution is -1.96. The van der Waals surface area contributed by atoms with Crippen LogP contribution in [0.3, 0.4) is 0 Å². The number of para-hydroxylation sites is 3. The summed E-state index contributed by atoms with van der Waals surface area (Å²) < 4.78 is 108. The summed E-state index contributed by atoms with van der Waals surface area (Å²) >= 11 is 0. The van der Waals surface area contributed by atoms with Crippen LogP contribution in [-0.2, 0) is 0 Å². The molecule has 2 heterocycles. The molecule has 0 spiro atoms. The molecule has 0 bridgehead atoms. The van der Waals surface area contributed by atoms with Gasteiger partial charge in [0.15, 0.2) is 0 Å². The first kappa shape index (κ1) is 12.4. The van der Waals surface area contributed by atoms with Crippen molar-refractivity contribution in [2.75, 3.05) is 0 Å². The molecule has 0 radical (unpaired) electrons. The first-order valence-electron chi connectivity index (χ1n) is 18.1. The van der Waals surface area contributed by atoms with E-state index in [1.807, 2.05) is 48.5 Å². The highest BCUT2D eigenvalue weighted by Crippen LogP contribution is 2.37. The molecular formula is C36H24N2. The van der Waals surface area contributed by atoms with Crippen molar-refractivity contribution in [3.8, 4) is 22.5 Å². The second-order valence-corrected chi connectivity index (χ2v) is 8.93. The van der Waals surface area contributed by atoms with Crippen molar-refractivity contribution in [1.82, 2.24) is 9.13 Å². The van der Waals surface area contributed by atoms with Crippen LogP contribution < -0.4 is 0 Å². The lowest BCUT2D eigenvalue weighted by Gasteiger charge is -2.11. The van der Waals surface area contributed by atoms with Gasteiger partial charge < -0.3 is 9.13 Å². The van der Waals surface area contributed by atoms with Gasteiger partial charge in [0, 0.05) is 32.9 Å². The Morgan fingerprint density at radius 3 is 1.87 bits per heavy atom. The Morgan fingerprint density at radius 1 is 0.421 bits per heavy atom. The lowest BCUT2D eigenvalue weighted by molar-refractivity contribution is 1.17. The maximum Gasteiger partial charge on any atom is 0.0652 e. The van der Waals surface area contributed by atoms with E-state index >= 15 is 0 Å². The van der Waals surface area contributed by atoms with Crippen molar-refractivity contribution < 1.29 is 16.4 Å². The normalized spacial score (nSPS) is 16.1. The largest absolute Gasteiger partial charge is 0.309 e. The van der Waals surface area contributed by atoms with Crippen LogP contribution in [0.5, 0.6) is 0 Å². The number of nitrogens with zero attached hydrogens (tertiary/aromatic N) is 2. The first-order chi connectivity index (χ1) is 23.9. The Kier molecular flexibility index (Phi) is 2.69. The molecule has 0 amide bonds. The Bertz CT molecular complexity index is 2720. The summed E-state index contributed by atoms with van der Waals surface area (Å²) in [6.45, 7) is 0. The maximum atomic E-state index is 9.65. The van der Waals surface area contributed by atoms with Gasteiger partial charge >= 0.3 is 0 Å². The van der Waals surface area contributed by atoms with E-state index in [1.54, 1.807) is 22.8 Å². The van der Waals surface area contributed by atoms with E-state index in [1.165, 1.54) is 10.6 Å². The summed E-state index contributed by atoms with van der Waals surface area (Å²) in [5.74, 6) is 0. The number of rotatable bonds is 3. The average Bonchev–Trinajstić information content (AvgIpc) is 3.65. The second kappa shape index (κ2) is 8.22. The molecule has 6 aromatic carbocycles. The summed E-state index contributed by atoms with van der Waals surface area (Å²) in [6, 6.07) is 16.2. The first-order valence-corrected chi connectivity index (χ1v) is 12.1. The molecule has 0 aliphatic rings. The van der Waals surface area contributed by atoms with E-state index in [2.05, 4.69) is 0 Å². The topological polar surface area (TPSA) is 9.86 Å². The minimum absolute atomic E-state index is 0.000251. The fourth-order valence-corrected chi connectivity index (χ4v) is 5.23. The molecule has 0 aliphatic carbocycles. The van der Waals surface area contributed by atoms with Crippen LogP contribution in [-0.4, -0.2) is 9.13 Å². The van der Waals surface area contributed by atoms with Crippen molar-refractivity contribution in [3.63, 3.8) is 0 Å². The maximum absolute atomic E-state index is 9.65. The average molecular weight is 497 g/mol. The quantitative estimate of drug-likeness (QED) is 0.230. The fraction of sp³-hybridized carbons (Fsp3) is 0. The molecule has 2 heteroatoms. The highest BCUT2D eigenvalue weighted by molar-refractivity contribution is 6.12. The summed E-state index contributed by atoms with van der Waals surface area (Å²) in [4.78, 5) is 0. The molecule has 0 saturated heterocycles. The third-order valence-electron chi connectivity index (χ3n) is 6.84. The summed E-state index contributed by atoms with van der Waals surface area (Å²) in [7, 11) is 0. The summed E-state index contributed by atoms with van der Waals surface area (Å²) in [5.41, 5.74) is 1.88. The van der Waals surface area contributed by atoms with Crippen molar-refractivity contribution in [3.05, 3.63) is 145 Å². The summed E-state index contributed by atoms with van der Waals surface area (Å²) in [5, 5.41) is 1.81. The number of hydrogen-bond acceptors (Lipinski definition) is 0. The highest BCUT2D eigenvalue weighted by atomic mass is 15.0. The molecule has 0 N–H and O–H groups in total. The van der Waals surface area contributed by atoms with Crippen LogP contribution in [0.1, 0.15) is 16.4 Å². The molecule has 38 heavy (non-hydrogen) atoms. The highest BCUT2D eigenvalue weighted by Gasteiger charge is 2.16. The van der Waals surface area contributed by atoms with Crippen molar-refractivity contribution >= 4 is 43.6 Å². The number of aromatic nitrogens is 2. The van der Waals surface area contributed by atoms with E-state index in [9.17, 15) is 4.11 Å². The molecule has 0 fully saturated rings. The molecule has 0 atom stereocenters. The van der Waals surface area contributed by atoms with Gasteiger partial charge in [-0.2, -0.15) is 0 Å². The Balaban J connectivity index is 1.55. The molecule has 0 saturated carbocycles.